The summed E-state index contributed by atoms with van der Waals surface area (Å²) in [7, 11) is 1.66. The van der Waals surface area contributed by atoms with Crippen LogP contribution in [0.1, 0.15) is 30.0 Å². The molecule has 0 bridgehead atoms. The highest BCUT2D eigenvalue weighted by molar-refractivity contribution is 5.80. The molecule has 1 heterocycles. The van der Waals surface area contributed by atoms with E-state index >= 15 is 0 Å². The molecule has 1 N–H and O–H groups in total. The molecule has 0 saturated carbocycles. The van der Waals surface area contributed by atoms with E-state index in [2.05, 4.69) is 17.4 Å². The predicted octanol–water partition coefficient (Wildman–Crippen LogP) is 3.51. The van der Waals surface area contributed by atoms with E-state index in [0.717, 1.165) is 30.6 Å². The zero-order valence-corrected chi connectivity index (χ0v) is 12.8. The molecule has 2 aromatic carbocycles. The first-order valence-electron chi connectivity index (χ1n) is 7.74. The smallest absolute Gasteiger partial charge is 0.223 e. The summed E-state index contributed by atoms with van der Waals surface area (Å²) in [6.45, 7) is 0. The van der Waals surface area contributed by atoms with Gasteiger partial charge in [0.05, 0.1) is 13.2 Å². The fraction of sp³-hybridized carbons (Fsp3) is 0.316. The second-order valence-corrected chi connectivity index (χ2v) is 5.80. The van der Waals surface area contributed by atoms with Gasteiger partial charge in [-0.2, -0.15) is 0 Å². The van der Waals surface area contributed by atoms with E-state index in [1.54, 1.807) is 7.11 Å². The third-order valence-electron chi connectivity index (χ3n) is 4.33. The Hall–Kier alpha value is -2.29. The van der Waals surface area contributed by atoms with E-state index in [-0.39, 0.29) is 17.9 Å². The minimum absolute atomic E-state index is 0.0805. The first kappa shape index (κ1) is 14.6. The van der Waals surface area contributed by atoms with Crippen LogP contribution >= 0.6 is 0 Å². The van der Waals surface area contributed by atoms with Crippen molar-refractivity contribution in [3.8, 4) is 5.75 Å². The topological polar surface area (TPSA) is 38.3 Å². The summed E-state index contributed by atoms with van der Waals surface area (Å²) >= 11 is 0. The maximum absolute atomic E-state index is 12.4. The average molecular weight is 295 g/mol. The van der Waals surface area contributed by atoms with Gasteiger partial charge in [0.25, 0.3) is 0 Å². The maximum atomic E-state index is 12.4. The quantitative estimate of drug-likeness (QED) is 0.937. The molecule has 0 aromatic heterocycles. The molecule has 1 aliphatic heterocycles. The number of amides is 1. The number of carbonyl (C=O) groups excluding carboxylic acids is 1. The summed E-state index contributed by atoms with van der Waals surface area (Å²) in [5.74, 6) is 1.08. The van der Waals surface area contributed by atoms with Crippen LogP contribution in [-0.2, 0) is 11.2 Å². The van der Waals surface area contributed by atoms with Crippen molar-refractivity contribution in [2.24, 2.45) is 5.92 Å². The molecule has 1 aliphatic rings. The lowest BCUT2D eigenvalue weighted by Crippen LogP contribution is -2.39. The molecule has 22 heavy (non-hydrogen) atoms. The zero-order valence-electron chi connectivity index (χ0n) is 12.8. The second-order valence-electron chi connectivity index (χ2n) is 5.80. The maximum Gasteiger partial charge on any atom is 0.223 e. The van der Waals surface area contributed by atoms with Gasteiger partial charge in [0.2, 0.25) is 5.91 Å². The van der Waals surface area contributed by atoms with E-state index in [4.69, 9.17) is 4.74 Å². The standard InChI is InChI=1S/C19H21NO2/c1-22-17-10-7-15(8-11-17)18-12-9-16(19(21)20-18)13-14-5-3-2-4-6-14/h2-8,10-11,16,18H,9,12-13H2,1H3,(H,20,21)/t16-,18+/m1/s1. The van der Waals surface area contributed by atoms with Gasteiger partial charge in [-0.15, -0.1) is 0 Å². The Balaban J connectivity index is 1.63. The SMILES string of the molecule is COc1ccc([C@@H]2CC[C@H](Cc3ccccc3)C(=O)N2)cc1. The Morgan fingerprint density at radius 2 is 1.77 bits per heavy atom. The summed E-state index contributed by atoms with van der Waals surface area (Å²) < 4.78 is 5.17. The summed E-state index contributed by atoms with van der Waals surface area (Å²) in [5.41, 5.74) is 2.37. The summed E-state index contributed by atoms with van der Waals surface area (Å²) in [5, 5.41) is 3.16. The van der Waals surface area contributed by atoms with Gasteiger partial charge in [-0.25, -0.2) is 0 Å². The Kier molecular flexibility index (Phi) is 4.42. The van der Waals surface area contributed by atoms with Crippen molar-refractivity contribution in [2.75, 3.05) is 7.11 Å². The van der Waals surface area contributed by atoms with Crippen LogP contribution < -0.4 is 10.1 Å². The van der Waals surface area contributed by atoms with Crippen LogP contribution in [0.2, 0.25) is 0 Å². The van der Waals surface area contributed by atoms with E-state index < -0.39 is 0 Å². The summed E-state index contributed by atoms with van der Waals surface area (Å²) in [4.78, 5) is 12.4. The van der Waals surface area contributed by atoms with Gasteiger partial charge in [-0.05, 0) is 42.5 Å². The number of carbonyl (C=O) groups is 1. The average Bonchev–Trinajstić information content (AvgIpc) is 2.58. The molecule has 0 radical (unpaired) electrons. The number of nitrogens with one attached hydrogen (secondary N) is 1. The van der Waals surface area contributed by atoms with Gasteiger partial charge < -0.3 is 10.1 Å². The van der Waals surface area contributed by atoms with Crippen molar-refractivity contribution >= 4 is 5.91 Å². The van der Waals surface area contributed by atoms with E-state index in [1.165, 1.54) is 5.56 Å². The minimum Gasteiger partial charge on any atom is -0.497 e. The molecule has 0 spiro atoms. The number of methoxy groups -OCH3 is 1. The van der Waals surface area contributed by atoms with Crippen molar-refractivity contribution in [3.63, 3.8) is 0 Å². The summed E-state index contributed by atoms with van der Waals surface area (Å²) in [6.07, 6.45) is 2.73. The fourth-order valence-corrected chi connectivity index (χ4v) is 3.04. The largest absolute Gasteiger partial charge is 0.497 e. The van der Waals surface area contributed by atoms with Crippen LogP contribution in [-0.4, -0.2) is 13.0 Å². The first-order chi connectivity index (χ1) is 10.8. The molecule has 0 unspecified atom stereocenters. The third kappa shape index (κ3) is 3.30. The molecule has 2 aromatic rings. The van der Waals surface area contributed by atoms with Crippen molar-refractivity contribution in [1.82, 2.24) is 5.32 Å². The van der Waals surface area contributed by atoms with E-state index in [1.807, 2.05) is 42.5 Å². The van der Waals surface area contributed by atoms with Crippen molar-refractivity contribution in [3.05, 3.63) is 65.7 Å². The minimum atomic E-state index is 0.0805. The van der Waals surface area contributed by atoms with Gasteiger partial charge in [-0.1, -0.05) is 42.5 Å². The molecule has 0 aliphatic carbocycles. The lowest BCUT2D eigenvalue weighted by Gasteiger charge is -2.29. The number of ether oxygens (including phenoxy) is 1. The van der Waals surface area contributed by atoms with Gasteiger partial charge in [0, 0.05) is 5.92 Å². The molecule has 1 saturated heterocycles. The van der Waals surface area contributed by atoms with Gasteiger partial charge in [-0.3, -0.25) is 4.79 Å². The molecule has 3 rings (SSSR count). The lowest BCUT2D eigenvalue weighted by atomic mass is 9.86. The molecule has 114 valence electrons. The van der Waals surface area contributed by atoms with Crippen LogP contribution in [0.15, 0.2) is 54.6 Å². The highest BCUT2D eigenvalue weighted by atomic mass is 16.5. The number of rotatable bonds is 4. The van der Waals surface area contributed by atoms with Crippen LogP contribution in [0, 0.1) is 5.92 Å². The number of benzene rings is 2. The lowest BCUT2D eigenvalue weighted by molar-refractivity contribution is -0.127. The monoisotopic (exact) mass is 295 g/mol. The van der Waals surface area contributed by atoms with Gasteiger partial charge >= 0.3 is 0 Å². The highest BCUT2D eigenvalue weighted by Crippen LogP contribution is 2.29. The number of hydrogen-bond acceptors (Lipinski definition) is 2. The van der Waals surface area contributed by atoms with Crippen LogP contribution in [0.4, 0.5) is 0 Å². The van der Waals surface area contributed by atoms with Crippen LogP contribution in [0.5, 0.6) is 5.75 Å². The Bertz CT molecular complexity index is 622. The molecule has 3 nitrogen and oxygen atoms in total. The van der Waals surface area contributed by atoms with Crippen LogP contribution in [0.25, 0.3) is 0 Å². The fourth-order valence-electron chi connectivity index (χ4n) is 3.04. The molecule has 2 atom stereocenters. The highest BCUT2D eigenvalue weighted by Gasteiger charge is 2.28. The zero-order chi connectivity index (χ0) is 15.4. The van der Waals surface area contributed by atoms with Gasteiger partial charge in [0.15, 0.2) is 0 Å². The third-order valence-corrected chi connectivity index (χ3v) is 4.33. The predicted molar refractivity (Wildman–Crippen MR) is 86.7 cm³/mol. The molecule has 1 amide bonds. The number of piperidine rings is 1. The summed E-state index contributed by atoms with van der Waals surface area (Å²) in [6, 6.07) is 18.3. The van der Waals surface area contributed by atoms with Crippen molar-refractivity contribution in [2.45, 2.75) is 25.3 Å². The van der Waals surface area contributed by atoms with Gasteiger partial charge in [0.1, 0.15) is 5.75 Å². The Morgan fingerprint density at radius 3 is 2.41 bits per heavy atom. The Labute approximate surface area is 131 Å². The molecular formula is C19H21NO2. The second kappa shape index (κ2) is 6.65. The number of hydrogen-bond donors (Lipinski definition) is 1. The molecule has 3 heteroatoms. The van der Waals surface area contributed by atoms with Crippen LogP contribution in [0.3, 0.4) is 0 Å². The first-order valence-corrected chi connectivity index (χ1v) is 7.74. The van der Waals surface area contributed by atoms with E-state index in [0.29, 0.717) is 0 Å². The van der Waals surface area contributed by atoms with Crippen molar-refractivity contribution < 1.29 is 9.53 Å². The normalized spacial score (nSPS) is 21.2. The molecule has 1 fully saturated rings. The van der Waals surface area contributed by atoms with E-state index in [9.17, 15) is 4.79 Å². The molecular weight excluding hydrogens is 274 g/mol. The van der Waals surface area contributed by atoms with Crippen molar-refractivity contribution in [1.29, 1.82) is 0 Å². The Morgan fingerprint density at radius 1 is 1.05 bits per heavy atom.